The highest BCUT2D eigenvalue weighted by molar-refractivity contribution is 6.14. The zero-order chi connectivity index (χ0) is 25.2. The molecule has 0 saturated heterocycles. The van der Waals surface area contributed by atoms with Gasteiger partial charge in [0.2, 0.25) is 0 Å². The maximum absolute atomic E-state index is 10.4. The van der Waals surface area contributed by atoms with Crippen molar-refractivity contribution in [2.75, 3.05) is 0 Å². The van der Waals surface area contributed by atoms with Crippen molar-refractivity contribution < 1.29 is 0 Å². The van der Waals surface area contributed by atoms with Gasteiger partial charge in [0.05, 0.1) is 33.3 Å². The standard InChI is InChI=1S/C35H21N3/c36-22-25-19-26(17-18-31(25)38-33-15-7-3-11-27(33)28-12-4-8-16-34(28)38)37-32-14-6-5-13-29(32)30-20-23-9-1-2-10-24(23)21-35(30)37/h1-21H. The smallest absolute Gasteiger partial charge is 0.101 e. The third kappa shape index (κ3) is 2.83. The molecule has 0 atom stereocenters. The Kier molecular flexibility index (Phi) is 4.29. The van der Waals surface area contributed by atoms with E-state index in [1.807, 2.05) is 6.07 Å². The minimum absolute atomic E-state index is 0.640. The summed E-state index contributed by atoms with van der Waals surface area (Å²) >= 11 is 0. The molecule has 0 fully saturated rings. The van der Waals surface area contributed by atoms with Gasteiger partial charge >= 0.3 is 0 Å². The number of aromatic nitrogens is 2. The number of nitrogens with zero attached hydrogens (tertiary/aromatic N) is 3. The summed E-state index contributed by atoms with van der Waals surface area (Å²) in [5.41, 5.74) is 6.97. The van der Waals surface area contributed by atoms with Gasteiger partial charge in [0.25, 0.3) is 0 Å². The molecule has 3 nitrogen and oxygen atoms in total. The largest absolute Gasteiger partial charge is 0.309 e. The van der Waals surface area contributed by atoms with E-state index in [1.54, 1.807) is 0 Å². The molecule has 38 heavy (non-hydrogen) atoms. The summed E-state index contributed by atoms with van der Waals surface area (Å²) in [6, 6.07) is 47.1. The molecule has 6 aromatic carbocycles. The highest BCUT2D eigenvalue weighted by Crippen LogP contribution is 2.37. The molecule has 0 bridgehead atoms. The lowest BCUT2D eigenvalue weighted by atomic mass is 10.1. The molecule has 176 valence electrons. The first-order valence-corrected chi connectivity index (χ1v) is 12.8. The number of benzene rings is 6. The minimum atomic E-state index is 0.640. The predicted octanol–water partition coefficient (Wildman–Crippen LogP) is 8.91. The molecule has 2 heterocycles. The topological polar surface area (TPSA) is 33.6 Å². The Morgan fingerprint density at radius 3 is 1.61 bits per heavy atom. The van der Waals surface area contributed by atoms with Gasteiger partial charge in [-0.1, -0.05) is 78.9 Å². The molecule has 2 aromatic heterocycles. The summed E-state index contributed by atoms with van der Waals surface area (Å²) in [4.78, 5) is 0. The van der Waals surface area contributed by atoms with E-state index < -0.39 is 0 Å². The number of para-hydroxylation sites is 3. The second kappa shape index (κ2) is 7.83. The van der Waals surface area contributed by atoms with Crippen LogP contribution in [0.4, 0.5) is 0 Å². The minimum Gasteiger partial charge on any atom is -0.309 e. The maximum atomic E-state index is 10.4. The Morgan fingerprint density at radius 1 is 0.447 bits per heavy atom. The third-order valence-electron chi connectivity index (χ3n) is 7.72. The van der Waals surface area contributed by atoms with Crippen LogP contribution < -0.4 is 0 Å². The van der Waals surface area contributed by atoms with E-state index >= 15 is 0 Å². The lowest BCUT2D eigenvalue weighted by Gasteiger charge is -2.14. The van der Waals surface area contributed by atoms with Gasteiger partial charge in [-0.05, 0) is 59.3 Å². The van der Waals surface area contributed by atoms with Crippen molar-refractivity contribution in [3.63, 3.8) is 0 Å². The Labute approximate surface area is 219 Å². The quantitative estimate of drug-likeness (QED) is 0.242. The van der Waals surface area contributed by atoms with Crippen molar-refractivity contribution in [1.82, 2.24) is 9.13 Å². The summed E-state index contributed by atoms with van der Waals surface area (Å²) < 4.78 is 4.50. The second-order valence-electron chi connectivity index (χ2n) is 9.75. The van der Waals surface area contributed by atoms with Crippen molar-refractivity contribution in [2.45, 2.75) is 0 Å². The molecule has 0 aliphatic rings. The third-order valence-corrected chi connectivity index (χ3v) is 7.72. The lowest BCUT2D eigenvalue weighted by Crippen LogP contribution is -2.01. The van der Waals surface area contributed by atoms with Crippen molar-refractivity contribution in [2.24, 2.45) is 0 Å². The first-order chi connectivity index (χ1) is 18.8. The number of hydrogen-bond donors (Lipinski definition) is 0. The average Bonchev–Trinajstić information content (AvgIpc) is 3.48. The van der Waals surface area contributed by atoms with E-state index in [0.29, 0.717) is 5.56 Å². The second-order valence-corrected chi connectivity index (χ2v) is 9.75. The molecule has 8 rings (SSSR count). The van der Waals surface area contributed by atoms with Crippen LogP contribution in [0.3, 0.4) is 0 Å². The van der Waals surface area contributed by atoms with E-state index in [9.17, 15) is 5.26 Å². The molecule has 0 saturated carbocycles. The number of fused-ring (bicyclic) bond motifs is 7. The van der Waals surface area contributed by atoms with Crippen LogP contribution in [0.25, 0.3) is 65.8 Å². The van der Waals surface area contributed by atoms with Crippen LogP contribution in [-0.2, 0) is 0 Å². The normalized spacial score (nSPS) is 11.7. The Morgan fingerprint density at radius 2 is 0.974 bits per heavy atom. The van der Waals surface area contributed by atoms with Crippen LogP contribution in [-0.4, -0.2) is 9.13 Å². The SMILES string of the molecule is N#Cc1cc(-n2c3ccccc3c3cc4ccccc4cc32)ccc1-n1c2ccccc2c2ccccc21. The average molecular weight is 484 g/mol. The Balaban J connectivity index is 1.43. The Hall–Kier alpha value is -5.33. The number of hydrogen-bond acceptors (Lipinski definition) is 1. The molecule has 0 N–H and O–H groups in total. The van der Waals surface area contributed by atoms with Crippen LogP contribution in [0.5, 0.6) is 0 Å². The van der Waals surface area contributed by atoms with E-state index in [2.05, 4.69) is 137 Å². The molecule has 0 unspecified atom stereocenters. The molecule has 3 heteroatoms. The van der Waals surface area contributed by atoms with Crippen LogP contribution >= 0.6 is 0 Å². The molecular weight excluding hydrogens is 462 g/mol. The molecular formula is C35H21N3. The molecule has 0 amide bonds. The van der Waals surface area contributed by atoms with Crippen molar-refractivity contribution in [3.8, 4) is 17.4 Å². The molecule has 0 aliphatic heterocycles. The van der Waals surface area contributed by atoms with Gasteiger partial charge in [0, 0.05) is 27.2 Å². The number of rotatable bonds is 2. The van der Waals surface area contributed by atoms with Crippen LogP contribution in [0.15, 0.2) is 127 Å². The van der Waals surface area contributed by atoms with Crippen LogP contribution in [0.1, 0.15) is 5.56 Å². The fourth-order valence-corrected chi connectivity index (χ4v) is 6.06. The molecule has 8 aromatic rings. The monoisotopic (exact) mass is 483 g/mol. The van der Waals surface area contributed by atoms with E-state index in [0.717, 1.165) is 33.4 Å². The van der Waals surface area contributed by atoms with Crippen LogP contribution in [0.2, 0.25) is 0 Å². The molecule has 0 aliphatic carbocycles. The summed E-state index contributed by atoms with van der Waals surface area (Å²) in [6.07, 6.45) is 0. The van der Waals surface area contributed by atoms with Crippen molar-refractivity contribution >= 4 is 54.4 Å². The lowest BCUT2D eigenvalue weighted by molar-refractivity contribution is 1.13. The van der Waals surface area contributed by atoms with Gasteiger partial charge in [-0.15, -0.1) is 0 Å². The summed E-state index contributed by atoms with van der Waals surface area (Å²) in [7, 11) is 0. The summed E-state index contributed by atoms with van der Waals surface area (Å²) in [5, 5.41) is 17.6. The van der Waals surface area contributed by atoms with Gasteiger partial charge < -0.3 is 9.13 Å². The first kappa shape index (κ1) is 20.8. The summed E-state index contributed by atoms with van der Waals surface area (Å²) in [6.45, 7) is 0. The summed E-state index contributed by atoms with van der Waals surface area (Å²) in [5.74, 6) is 0. The van der Waals surface area contributed by atoms with E-state index in [1.165, 1.54) is 32.3 Å². The van der Waals surface area contributed by atoms with Gasteiger partial charge in [0.1, 0.15) is 6.07 Å². The zero-order valence-corrected chi connectivity index (χ0v) is 20.5. The fourth-order valence-electron chi connectivity index (χ4n) is 6.06. The highest BCUT2D eigenvalue weighted by Gasteiger charge is 2.17. The van der Waals surface area contributed by atoms with Gasteiger partial charge in [0.15, 0.2) is 0 Å². The fraction of sp³-hybridized carbons (Fsp3) is 0. The van der Waals surface area contributed by atoms with Crippen molar-refractivity contribution in [1.29, 1.82) is 5.26 Å². The number of nitriles is 1. The Bertz CT molecular complexity index is 2200. The van der Waals surface area contributed by atoms with Gasteiger partial charge in [-0.25, -0.2) is 0 Å². The van der Waals surface area contributed by atoms with Gasteiger partial charge in [-0.3, -0.25) is 0 Å². The van der Waals surface area contributed by atoms with E-state index in [4.69, 9.17) is 0 Å². The zero-order valence-electron chi connectivity index (χ0n) is 20.5. The van der Waals surface area contributed by atoms with E-state index in [-0.39, 0.29) is 0 Å². The van der Waals surface area contributed by atoms with Gasteiger partial charge in [-0.2, -0.15) is 5.26 Å². The maximum Gasteiger partial charge on any atom is 0.101 e. The molecule has 0 spiro atoms. The van der Waals surface area contributed by atoms with Crippen molar-refractivity contribution in [3.05, 3.63) is 133 Å². The highest BCUT2D eigenvalue weighted by atomic mass is 15.0. The van der Waals surface area contributed by atoms with Crippen LogP contribution in [0, 0.1) is 11.3 Å². The molecule has 0 radical (unpaired) electrons. The first-order valence-electron chi connectivity index (χ1n) is 12.8. The predicted molar refractivity (Wildman–Crippen MR) is 157 cm³/mol.